The summed E-state index contributed by atoms with van der Waals surface area (Å²) in [5.74, 6) is 0. The lowest BCUT2D eigenvalue weighted by Gasteiger charge is -2.24. The first-order valence-electron chi connectivity index (χ1n) is 5.15. The van der Waals surface area contributed by atoms with E-state index in [2.05, 4.69) is 49.8 Å². The van der Waals surface area contributed by atoms with Crippen molar-refractivity contribution in [2.75, 3.05) is 13.1 Å². The molecule has 0 amide bonds. The Hall–Kier alpha value is -0.860. The Morgan fingerprint density at radius 1 is 1.14 bits per heavy atom. The number of nitrogens with one attached hydrogen (secondary N) is 2. The molecule has 1 heterocycles. The molecule has 1 saturated heterocycles. The smallest absolute Gasteiger partial charge is 0.0207 e. The summed E-state index contributed by atoms with van der Waals surface area (Å²) in [6.45, 7) is 8.67. The van der Waals surface area contributed by atoms with Crippen molar-refractivity contribution in [3.63, 3.8) is 0 Å². The number of benzene rings is 1. The van der Waals surface area contributed by atoms with Gasteiger partial charge in [0, 0.05) is 18.5 Å². The Balaban J connectivity index is 2.40. The average Bonchev–Trinajstić information content (AvgIpc) is 2.52. The molecule has 0 atom stereocenters. The summed E-state index contributed by atoms with van der Waals surface area (Å²) in [6, 6.07) is 6.73. The molecule has 14 heavy (non-hydrogen) atoms. The first kappa shape index (κ1) is 9.69. The molecule has 1 aromatic rings. The minimum Gasteiger partial charge on any atom is -0.257 e. The quantitative estimate of drug-likeness (QED) is 0.704. The molecule has 0 spiro atoms. The van der Waals surface area contributed by atoms with E-state index in [1.54, 1.807) is 0 Å². The van der Waals surface area contributed by atoms with Crippen molar-refractivity contribution in [3.05, 3.63) is 34.9 Å². The van der Waals surface area contributed by atoms with E-state index in [4.69, 9.17) is 0 Å². The van der Waals surface area contributed by atoms with Crippen molar-refractivity contribution >= 4 is 0 Å². The topological polar surface area (TPSA) is 24.1 Å². The van der Waals surface area contributed by atoms with Gasteiger partial charge in [-0.05, 0) is 25.0 Å². The molecule has 1 aliphatic rings. The van der Waals surface area contributed by atoms with E-state index in [0.29, 0.717) is 0 Å². The molecule has 0 aromatic heterocycles. The molecule has 2 rings (SSSR count). The second-order valence-corrected chi connectivity index (χ2v) is 4.59. The van der Waals surface area contributed by atoms with Gasteiger partial charge in [0.1, 0.15) is 0 Å². The van der Waals surface area contributed by atoms with Crippen molar-refractivity contribution < 1.29 is 0 Å². The Morgan fingerprint density at radius 2 is 1.79 bits per heavy atom. The van der Waals surface area contributed by atoms with E-state index in [-0.39, 0.29) is 5.41 Å². The van der Waals surface area contributed by atoms with Crippen LogP contribution in [0.5, 0.6) is 0 Å². The van der Waals surface area contributed by atoms with Crippen LogP contribution >= 0.6 is 0 Å². The van der Waals surface area contributed by atoms with E-state index in [0.717, 1.165) is 13.1 Å². The van der Waals surface area contributed by atoms with Crippen LogP contribution in [0.2, 0.25) is 0 Å². The summed E-state index contributed by atoms with van der Waals surface area (Å²) in [5, 5.41) is 0. The van der Waals surface area contributed by atoms with Gasteiger partial charge in [-0.3, -0.25) is 10.9 Å². The van der Waals surface area contributed by atoms with E-state index in [1.165, 1.54) is 16.7 Å². The fourth-order valence-corrected chi connectivity index (χ4v) is 2.26. The number of rotatable bonds is 1. The third-order valence-electron chi connectivity index (χ3n) is 3.11. The van der Waals surface area contributed by atoms with Crippen LogP contribution in [0.15, 0.2) is 18.2 Å². The number of hydrogen-bond donors (Lipinski definition) is 2. The van der Waals surface area contributed by atoms with Gasteiger partial charge in [-0.15, -0.1) is 0 Å². The summed E-state index contributed by atoms with van der Waals surface area (Å²) in [7, 11) is 0. The molecule has 2 nitrogen and oxygen atoms in total. The fourth-order valence-electron chi connectivity index (χ4n) is 2.26. The predicted molar refractivity (Wildman–Crippen MR) is 59.3 cm³/mol. The summed E-state index contributed by atoms with van der Waals surface area (Å²) in [6.07, 6.45) is 0. The zero-order valence-corrected chi connectivity index (χ0v) is 9.15. The zero-order valence-electron chi connectivity index (χ0n) is 9.15. The Bertz CT molecular complexity index is 338. The van der Waals surface area contributed by atoms with E-state index >= 15 is 0 Å². The molecule has 1 aromatic carbocycles. The highest BCUT2D eigenvalue weighted by atomic mass is 15.4. The van der Waals surface area contributed by atoms with Gasteiger partial charge in [0.15, 0.2) is 0 Å². The molecule has 0 saturated carbocycles. The Kier molecular flexibility index (Phi) is 2.33. The van der Waals surface area contributed by atoms with Gasteiger partial charge in [0.2, 0.25) is 0 Å². The largest absolute Gasteiger partial charge is 0.257 e. The Morgan fingerprint density at radius 3 is 2.36 bits per heavy atom. The van der Waals surface area contributed by atoms with Crippen LogP contribution in [0.25, 0.3) is 0 Å². The first-order chi connectivity index (χ1) is 6.62. The number of hydrogen-bond acceptors (Lipinski definition) is 2. The third-order valence-corrected chi connectivity index (χ3v) is 3.11. The maximum Gasteiger partial charge on any atom is 0.0207 e. The van der Waals surface area contributed by atoms with Crippen molar-refractivity contribution in [1.29, 1.82) is 0 Å². The second kappa shape index (κ2) is 3.37. The highest BCUT2D eigenvalue weighted by Crippen LogP contribution is 2.27. The van der Waals surface area contributed by atoms with Gasteiger partial charge >= 0.3 is 0 Å². The number of aryl methyl sites for hydroxylation is 2. The zero-order chi connectivity index (χ0) is 10.2. The van der Waals surface area contributed by atoms with Crippen molar-refractivity contribution in [3.8, 4) is 0 Å². The van der Waals surface area contributed by atoms with E-state index in [1.807, 2.05) is 0 Å². The lowest BCUT2D eigenvalue weighted by atomic mass is 9.81. The SMILES string of the molecule is Cc1ccc(C2(C)CNNC2)c(C)c1. The second-order valence-electron chi connectivity index (χ2n) is 4.59. The van der Waals surface area contributed by atoms with Crippen LogP contribution in [-0.4, -0.2) is 13.1 Å². The average molecular weight is 190 g/mol. The summed E-state index contributed by atoms with van der Waals surface area (Å²) < 4.78 is 0. The molecular formula is C12H18N2. The molecule has 1 aliphatic heterocycles. The standard InChI is InChI=1S/C12H18N2/c1-9-4-5-11(10(2)6-9)12(3)7-13-14-8-12/h4-6,13-14H,7-8H2,1-3H3. The highest BCUT2D eigenvalue weighted by molar-refractivity contribution is 5.37. The normalized spacial score (nSPS) is 19.9. The molecule has 0 bridgehead atoms. The minimum atomic E-state index is 0.248. The molecule has 1 fully saturated rings. The number of hydrazine groups is 1. The van der Waals surface area contributed by atoms with Crippen LogP contribution in [0.3, 0.4) is 0 Å². The summed E-state index contributed by atoms with van der Waals surface area (Å²) in [4.78, 5) is 0. The maximum absolute atomic E-state index is 3.20. The van der Waals surface area contributed by atoms with Crippen LogP contribution in [-0.2, 0) is 5.41 Å². The monoisotopic (exact) mass is 190 g/mol. The van der Waals surface area contributed by atoms with Gasteiger partial charge < -0.3 is 0 Å². The lowest BCUT2D eigenvalue weighted by Crippen LogP contribution is -2.28. The molecule has 0 unspecified atom stereocenters. The molecule has 76 valence electrons. The molecule has 0 aliphatic carbocycles. The Labute approximate surface area is 85.7 Å². The lowest BCUT2D eigenvalue weighted by molar-refractivity contribution is 0.550. The summed E-state index contributed by atoms with van der Waals surface area (Å²) >= 11 is 0. The van der Waals surface area contributed by atoms with E-state index in [9.17, 15) is 0 Å². The van der Waals surface area contributed by atoms with Crippen LogP contribution in [0.4, 0.5) is 0 Å². The van der Waals surface area contributed by atoms with Crippen LogP contribution in [0, 0.1) is 13.8 Å². The minimum absolute atomic E-state index is 0.248. The van der Waals surface area contributed by atoms with Gasteiger partial charge in [-0.1, -0.05) is 30.7 Å². The van der Waals surface area contributed by atoms with Gasteiger partial charge in [-0.2, -0.15) is 0 Å². The third kappa shape index (κ3) is 1.56. The summed E-state index contributed by atoms with van der Waals surface area (Å²) in [5.41, 5.74) is 10.9. The van der Waals surface area contributed by atoms with Crippen LogP contribution < -0.4 is 10.9 Å². The van der Waals surface area contributed by atoms with Crippen LogP contribution in [0.1, 0.15) is 23.6 Å². The van der Waals surface area contributed by atoms with Crippen molar-refractivity contribution in [2.24, 2.45) is 0 Å². The van der Waals surface area contributed by atoms with Crippen molar-refractivity contribution in [1.82, 2.24) is 10.9 Å². The molecule has 2 heteroatoms. The van der Waals surface area contributed by atoms with Gasteiger partial charge in [-0.25, -0.2) is 0 Å². The van der Waals surface area contributed by atoms with E-state index < -0.39 is 0 Å². The predicted octanol–water partition coefficient (Wildman–Crippen LogP) is 1.67. The highest BCUT2D eigenvalue weighted by Gasteiger charge is 2.31. The molecular weight excluding hydrogens is 172 g/mol. The molecule has 2 N–H and O–H groups in total. The first-order valence-corrected chi connectivity index (χ1v) is 5.15. The fraction of sp³-hybridized carbons (Fsp3) is 0.500. The van der Waals surface area contributed by atoms with Gasteiger partial charge in [0.25, 0.3) is 0 Å². The van der Waals surface area contributed by atoms with Gasteiger partial charge in [0.05, 0.1) is 0 Å². The van der Waals surface area contributed by atoms with Crippen molar-refractivity contribution in [2.45, 2.75) is 26.2 Å². The molecule has 0 radical (unpaired) electrons. The maximum atomic E-state index is 3.20.